The third kappa shape index (κ3) is 11.9. The van der Waals surface area contributed by atoms with Gasteiger partial charge in [-0.25, -0.2) is 13.2 Å². The van der Waals surface area contributed by atoms with E-state index in [2.05, 4.69) is 54.5 Å². The van der Waals surface area contributed by atoms with Crippen LogP contribution in [0.25, 0.3) is 16.9 Å². The van der Waals surface area contributed by atoms with Crippen molar-refractivity contribution in [1.82, 2.24) is 5.06 Å². The normalized spacial score (nSPS) is 17.8. The zero-order valence-corrected chi connectivity index (χ0v) is 42.4. The van der Waals surface area contributed by atoms with E-state index in [-0.39, 0.29) is 59.3 Å². The van der Waals surface area contributed by atoms with E-state index in [1.807, 2.05) is 62.4 Å². The molecule has 16 heteroatoms. The number of nitrogens with zero attached hydrogens (tertiary/aromatic N) is 3. The Hall–Kier alpha value is -4.71. The molecule has 0 saturated carbocycles. The number of allylic oxidation sites excluding steroid dienone is 6. The van der Waals surface area contributed by atoms with Gasteiger partial charge in [0.25, 0.3) is 11.8 Å². The van der Waals surface area contributed by atoms with Crippen molar-refractivity contribution in [3.63, 3.8) is 0 Å². The van der Waals surface area contributed by atoms with Crippen molar-refractivity contribution in [2.75, 3.05) is 58.1 Å². The molecule has 0 spiro atoms. The number of anilines is 1. The van der Waals surface area contributed by atoms with Crippen molar-refractivity contribution in [1.29, 1.82) is 0 Å². The maximum atomic E-state index is 12.5. The minimum Gasteiger partial charge on any atom is -0.744 e. The third-order valence-corrected chi connectivity index (χ3v) is 13.2. The summed E-state index contributed by atoms with van der Waals surface area (Å²) < 4.78 is 62.1. The summed E-state index contributed by atoms with van der Waals surface area (Å²) in [7, 11) is -3.06. The second-order valence-corrected chi connectivity index (χ2v) is 19.2. The Morgan fingerprint density at radius 2 is 1.60 bits per heavy atom. The number of imide groups is 1. The van der Waals surface area contributed by atoms with Crippen molar-refractivity contribution < 1.29 is 85.3 Å². The van der Waals surface area contributed by atoms with Gasteiger partial charge in [-0.15, -0.1) is 5.06 Å². The van der Waals surface area contributed by atoms with E-state index in [1.54, 1.807) is 13.2 Å². The minimum absolute atomic E-state index is 0. The Labute approximate surface area is 415 Å². The molecule has 1 fully saturated rings. The first-order chi connectivity index (χ1) is 31.5. The van der Waals surface area contributed by atoms with E-state index in [4.69, 9.17) is 23.8 Å². The molecular formula is C51H59N3NaO11S+. The number of methoxy groups -OCH3 is 1. The number of fused-ring (bicyclic) bond motifs is 3. The first-order valence-corrected chi connectivity index (χ1v) is 23.9. The van der Waals surface area contributed by atoms with Gasteiger partial charge in [-0.1, -0.05) is 48.6 Å². The summed E-state index contributed by atoms with van der Waals surface area (Å²) in [6.45, 7) is 14.3. The van der Waals surface area contributed by atoms with Crippen molar-refractivity contribution >= 4 is 61.9 Å². The van der Waals surface area contributed by atoms with Gasteiger partial charge in [-0.3, -0.25) is 9.59 Å². The molecular weight excluding hydrogens is 886 g/mol. The number of ether oxygens (including phenoxy) is 4. The summed E-state index contributed by atoms with van der Waals surface area (Å²) >= 11 is 0. The summed E-state index contributed by atoms with van der Waals surface area (Å²) in [5.74, 6) is -0.268. The van der Waals surface area contributed by atoms with Crippen LogP contribution in [-0.2, 0) is 49.0 Å². The van der Waals surface area contributed by atoms with Crippen LogP contribution >= 0.6 is 0 Å². The number of unbranched alkanes of at least 4 members (excludes halogenated alkanes) is 2. The number of carbonyl (C=O) groups is 3. The average Bonchev–Trinajstić information content (AvgIpc) is 3.70. The molecule has 4 aliphatic heterocycles. The Kier molecular flexibility index (Phi) is 17.1. The van der Waals surface area contributed by atoms with Gasteiger partial charge < -0.3 is 33.2 Å². The molecule has 0 bridgehead atoms. The summed E-state index contributed by atoms with van der Waals surface area (Å²) in [5, 5.41) is 0.561. The van der Waals surface area contributed by atoms with Gasteiger partial charge in [0.05, 0.1) is 48.9 Å². The van der Waals surface area contributed by atoms with Crippen molar-refractivity contribution in [2.45, 2.75) is 89.0 Å². The zero-order valence-electron chi connectivity index (χ0n) is 39.6. The van der Waals surface area contributed by atoms with E-state index in [0.717, 1.165) is 50.7 Å². The number of rotatable bonds is 20. The maximum Gasteiger partial charge on any atom is 1.00 e. The fourth-order valence-electron chi connectivity index (χ4n) is 9.01. The number of carbonyl (C=O) groups excluding carboxylic acids is 3. The van der Waals surface area contributed by atoms with Crippen LogP contribution in [0.4, 0.5) is 11.4 Å². The molecule has 2 amide bonds. The predicted molar refractivity (Wildman–Crippen MR) is 250 cm³/mol. The van der Waals surface area contributed by atoms with E-state index < -0.39 is 33.3 Å². The van der Waals surface area contributed by atoms with Gasteiger partial charge in [-0.2, -0.15) is 4.58 Å². The molecule has 350 valence electrons. The fourth-order valence-corrected chi connectivity index (χ4v) is 9.50. The Bertz CT molecular complexity index is 2620. The molecule has 0 N–H and O–H groups in total. The number of amides is 2. The molecule has 7 rings (SSSR count). The largest absolute Gasteiger partial charge is 1.00 e. The smallest absolute Gasteiger partial charge is 0.744 e. The zero-order chi connectivity index (χ0) is 47.2. The van der Waals surface area contributed by atoms with Gasteiger partial charge in [0.2, 0.25) is 5.69 Å². The first kappa shape index (κ1) is 51.7. The van der Waals surface area contributed by atoms with Crippen LogP contribution in [0.15, 0.2) is 95.9 Å². The quantitative estimate of drug-likeness (QED) is 0.0496. The van der Waals surface area contributed by atoms with E-state index >= 15 is 0 Å². The Morgan fingerprint density at radius 1 is 0.896 bits per heavy atom. The Balaban J connectivity index is 0.00000741. The molecule has 0 atom stereocenters. The van der Waals surface area contributed by atoms with Crippen LogP contribution in [0.3, 0.4) is 0 Å². The molecule has 67 heavy (non-hydrogen) atoms. The van der Waals surface area contributed by atoms with Gasteiger partial charge in [0.15, 0.2) is 5.71 Å². The van der Waals surface area contributed by atoms with E-state index in [1.165, 1.54) is 12.1 Å². The summed E-state index contributed by atoms with van der Waals surface area (Å²) in [6, 6.07) is 18.8. The average molecular weight is 945 g/mol. The van der Waals surface area contributed by atoms with Crippen molar-refractivity contribution in [2.24, 2.45) is 0 Å². The van der Waals surface area contributed by atoms with Crippen molar-refractivity contribution in [3.8, 4) is 5.75 Å². The number of hydrogen-bond acceptors (Lipinski definition) is 12. The van der Waals surface area contributed by atoms with Gasteiger partial charge >= 0.3 is 35.5 Å². The van der Waals surface area contributed by atoms with Gasteiger partial charge in [0, 0.05) is 85.5 Å². The van der Waals surface area contributed by atoms with Crippen LogP contribution in [0.5, 0.6) is 5.75 Å². The molecule has 1 saturated heterocycles. The van der Waals surface area contributed by atoms with Crippen LogP contribution in [-0.4, -0.2) is 105 Å². The Morgan fingerprint density at radius 3 is 2.30 bits per heavy atom. The molecule has 0 aromatic heterocycles. The fraction of sp³-hybridized carbons (Fsp3) is 0.412. The van der Waals surface area contributed by atoms with Crippen LogP contribution in [0.2, 0.25) is 0 Å². The second-order valence-electron chi connectivity index (χ2n) is 17.8. The standard InChI is InChI=1S/C51H59N3O11S.Na/c1-35-34-50(2,3)53(24-25-62-28-29-63-27-26-61-6)43-33-45-40(32-39(35)43)37(30-44(64-45)36-14-9-7-10-15-36)16-13-17-46-51(4,5)41-31-38(66(58,59)60)19-20-42(41)52(46)23-12-8-11-18-49(57)65-54-47(55)21-22-48(54)56;/h7,9-10,13-17,19-20,30-34H,8,11-12,18,21-29H2,1-6H3;/q;+1. The van der Waals surface area contributed by atoms with Crippen molar-refractivity contribution in [3.05, 3.63) is 113 Å². The predicted octanol–water partition coefficient (Wildman–Crippen LogP) is 4.89. The first-order valence-electron chi connectivity index (χ1n) is 22.4. The number of benzene rings is 3. The van der Waals surface area contributed by atoms with Crippen LogP contribution in [0.1, 0.15) is 95.4 Å². The topological polar surface area (TPSA) is 164 Å². The number of hydrogen-bond donors (Lipinski definition) is 0. The molecule has 3 aromatic rings. The minimum atomic E-state index is -4.71. The molecule has 4 heterocycles. The monoisotopic (exact) mass is 944 g/mol. The SMILES string of the molecule is COCCOCCOCCN1c2cc3c(cc2C(C)=CC1(C)C)C(=CC=CC1=[N+](CCCCCC(=O)ON2C(=O)CCC2=O)c2ccc(S(=O)(=O)[O-])cc2C1(C)C)C=C(c1ccccc1)O3.[Na+]. The van der Waals surface area contributed by atoms with Crippen LogP contribution < -0.4 is 39.2 Å². The second kappa shape index (κ2) is 22.1. The molecule has 14 nitrogen and oxygen atoms in total. The third-order valence-electron chi connectivity index (χ3n) is 12.4. The van der Waals surface area contributed by atoms with Crippen LogP contribution in [0, 0.1) is 0 Å². The van der Waals surface area contributed by atoms with E-state index in [9.17, 15) is 27.4 Å². The number of hydroxylamine groups is 2. The molecule has 4 aliphatic rings. The molecule has 3 aromatic carbocycles. The summed E-state index contributed by atoms with van der Waals surface area (Å²) in [6.07, 6.45) is 12.3. The van der Waals surface area contributed by atoms with Gasteiger partial charge in [-0.05, 0) is 82.9 Å². The van der Waals surface area contributed by atoms with Gasteiger partial charge in [0.1, 0.15) is 28.2 Å². The molecule has 0 radical (unpaired) electrons. The summed E-state index contributed by atoms with van der Waals surface area (Å²) in [5.41, 5.74) is 7.47. The molecule has 0 unspecified atom stereocenters. The van der Waals surface area contributed by atoms with E-state index in [0.29, 0.717) is 81.8 Å². The molecule has 0 aliphatic carbocycles. The summed E-state index contributed by atoms with van der Waals surface area (Å²) in [4.78, 5) is 43.4. The maximum absolute atomic E-state index is 12.5.